The number of aliphatic carboxylic acids is 1. The van der Waals surface area contributed by atoms with Crippen LogP contribution < -0.4 is 10.9 Å². The van der Waals surface area contributed by atoms with Gasteiger partial charge in [-0.25, -0.2) is 9.59 Å². The molecule has 24 heavy (non-hydrogen) atoms. The average molecular weight is 333 g/mol. The molecule has 0 bridgehead atoms. The first kappa shape index (κ1) is 17.5. The lowest BCUT2D eigenvalue weighted by Crippen LogP contribution is -2.42. The number of carbonyl (C=O) groups excluding carboxylic acids is 1. The van der Waals surface area contributed by atoms with Crippen molar-refractivity contribution in [1.29, 1.82) is 0 Å². The van der Waals surface area contributed by atoms with Gasteiger partial charge in [-0.1, -0.05) is 13.8 Å². The van der Waals surface area contributed by atoms with E-state index < -0.39 is 23.5 Å². The van der Waals surface area contributed by atoms with Crippen molar-refractivity contribution < 1.29 is 24.2 Å². The van der Waals surface area contributed by atoms with Gasteiger partial charge in [-0.05, 0) is 30.0 Å². The smallest absolute Gasteiger partial charge is 0.336 e. The summed E-state index contributed by atoms with van der Waals surface area (Å²) in [5.74, 6) is -1.54. The zero-order valence-corrected chi connectivity index (χ0v) is 13.4. The molecule has 1 unspecified atom stereocenters. The van der Waals surface area contributed by atoms with Crippen molar-refractivity contribution in [3.05, 3.63) is 40.2 Å². The van der Waals surface area contributed by atoms with Crippen molar-refractivity contribution in [2.75, 3.05) is 0 Å². The fourth-order valence-electron chi connectivity index (χ4n) is 2.48. The lowest BCUT2D eigenvalue weighted by Gasteiger charge is -2.16. The number of phenols is 1. The zero-order valence-electron chi connectivity index (χ0n) is 13.4. The molecule has 7 heteroatoms. The largest absolute Gasteiger partial charge is 0.508 e. The number of carbonyl (C=O) groups is 2. The Kier molecular flexibility index (Phi) is 5.23. The Morgan fingerprint density at radius 2 is 1.96 bits per heavy atom. The maximum atomic E-state index is 12.2. The molecule has 2 aromatic rings. The highest BCUT2D eigenvalue weighted by Crippen LogP contribution is 2.22. The van der Waals surface area contributed by atoms with Crippen LogP contribution in [0.4, 0.5) is 0 Å². The molecule has 7 nitrogen and oxygen atoms in total. The highest BCUT2D eigenvalue weighted by molar-refractivity contribution is 5.89. The second-order valence-corrected chi connectivity index (χ2v) is 6.04. The molecule has 0 radical (unpaired) electrons. The molecule has 0 aliphatic heterocycles. The molecular weight excluding hydrogens is 314 g/mol. The number of hydrogen-bond acceptors (Lipinski definition) is 5. The van der Waals surface area contributed by atoms with Crippen LogP contribution >= 0.6 is 0 Å². The van der Waals surface area contributed by atoms with Crippen molar-refractivity contribution in [1.82, 2.24) is 5.32 Å². The summed E-state index contributed by atoms with van der Waals surface area (Å²) in [5.41, 5.74) is -0.0671. The third-order valence-corrected chi connectivity index (χ3v) is 3.51. The molecule has 0 aliphatic rings. The van der Waals surface area contributed by atoms with Gasteiger partial charge in [0.05, 0.1) is 6.42 Å². The second-order valence-electron chi connectivity index (χ2n) is 6.04. The van der Waals surface area contributed by atoms with Gasteiger partial charge in [0.2, 0.25) is 5.91 Å². The average Bonchev–Trinajstić information content (AvgIpc) is 2.45. The van der Waals surface area contributed by atoms with Crippen LogP contribution in [-0.2, 0) is 16.0 Å². The SMILES string of the molecule is CC(C)CC(NC(=O)Cc1cc(=O)oc2cc(O)ccc12)C(=O)O. The van der Waals surface area contributed by atoms with Crippen LogP contribution in [0.25, 0.3) is 11.0 Å². The van der Waals surface area contributed by atoms with Gasteiger partial charge in [0.15, 0.2) is 0 Å². The van der Waals surface area contributed by atoms with E-state index in [0.29, 0.717) is 17.4 Å². The number of hydrogen-bond donors (Lipinski definition) is 3. The first-order valence-electron chi connectivity index (χ1n) is 7.54. The summed E-state index contributed by atoms with van der Waals surface area (Å²) in [4.78, 5) is 35.0. The van der Waals surface area contributed by atoms with Crippen LogP contribution in [0.2, 0.25) is 0 Å². The van der Waals surface area contributed by atoms with Gasteiger partial charge in [-0.15, -0.1) is 0 Å². The fourth-order valence-corrected chi connectivity index (χ4v) is 2.48. The first-order chi connectivity index (χ1) is 11.3. The molecule has 1 heterocycles. The summed E-state index contributed by atoms with van der Waals surface area (Å²) < 4.78 is 5.00. The summed E-state index contributed by atoms with van der Waals surface area (Å²) >= 11 is 0. The summed E-state index contributed by atoms with van der Waals surface area (Å²) in [6, 6.07) is 4.46. The summed E-state index contributed by atoms with van der Waals surface area (Å²) in [7, 11) is 0. The van der Waals surface area contributed by atoms with Crippen molar-refractivity contribution in [2.45, 2.75) is 32.7 Å². The predicted molar refractivity (Wildman–Crippen MR) is 86.9 cm³/mol. The standard InChI is InChI=1S/C17H19NO6/c1-9(2)5-13(17(22)23)18-15(20)6-10-7-16(21)24-14-8-11(19)3-4-12(10)14/h3-4,7-9,13,19H,5-6H2,1-2H3,(H,18,20)(H,22,23). The van der Waals surface area contributed by atoms with E-state index in [2.05, 4.69) is 5.32 Å². The minimum absolute atomic E-state index is 0.0601. The Morgan fingerprint density at radius 3 is 2.58 bits per heavy atom. The number of aromatic hydroxyl groups is 1. The van der Waals surface area contributed by atoms with Crippen LogP contribution in [0.15, 0.2) is 33.5 Å². The minimum atomic E-state index is -1.10. The molecule has 1 amide bonds. The lowest BCUT2D eigenvalue weighted by atomic mass is 10.0. The highest BCUT2D eigenvalue weighted by atomic mass is 16.4. The van der Waals surface area contributed by atoms with Crippen LogP contribution in [0.3, 0.4) is 0 Å². The van der Waals surface area contributed by atoms with Gasteiger partial charge in [-0.3, -0.25) is 4.79 Å². The second kappa shape index (κ2) is 7.16. The number of carboxylic acid groups (broad SMARTS) is 1. The molecule has 3 N–H and O–H groups in total. The quantitative estimate of drug-likeness (QED) is 0.692. The number of carboxylic acids is 1. The molecule has 0 aliphatic carbocycles. The monoisotopic (exact) mass is 333 g/mol. The van der Waals surface area contributed by atoms with Crippen LogP contribution in [-0.4, -0.2) is 28.1 Å². The molecule has 0 saturated heterocycles. The van der Waals surface area contributed by atoms with Crippen LogP contribution in [0.1, 0.15) is 25.8 Å². The number of fused-ring (bicyclic) bond motifs is 1. The summed E-state index contributed by atoms with van der Waals surface area (Å²) in [6.45, 7) is 3.73. The number of rotatable bonds is 6. The van der Waals surface area contributed by atoms with Gasteiger partial charge < -0.3 is 19.9 Å². The van der Waals surface area contributed by atoms with Crippen LogP contribution in [0, 0.1) is 5.92 Å². The van der Waals surface area contributed by atoms with Gasteiger partial charge in [0, 0.05) is 17.5 Å². The highest BCUT2D eigenvalue weighted by Gasteiger charge is 2.21. The van der Waals surface area contributed by atoms with Crippen molar-refractivity contribution in [3.8, 4) is 5.75 Å². The van der Waals surface area contributed by atoms with Gasteiger partial charge in [0.25, 0.3) is 0 Å². The van der Waals surface area contributed by atoms with E-state index in [4.69, 9.17) is 4.42 Å². The van der Waals surface area contributed by atoms with E-state index in [1.54, 1.807) is 6.07 Å². The molecule has 0 fully saturated rings. The van der Waals surface area contributed by atoms with Gasteiger partial charge in [-0.2, -0.15) is 0 Å². The molecule has 1 atom stereocenters. The number of nitrogens with one attached hydrogen (secondary N) is 1. The molecule has 1 aromatic carbocycles. The van der Waals surface area contributed by atoms with Crippen LogP contribution in [0.5, 0.6) is 5.75 Å². The zero-order chi connectivity index (χ0) is 17.9. The number of benzene rings is 1. The minimum Gasteiger partial charge on any atom is -0.508 e. The van der Waals surface area contributed by atoms with E-state index in [-0.39, 0.29) is 23.7 Å². The normalized spacial score (nSPS) is 12.3. The summed E-state index contributed by atoms with van der Waals surface area (Å²) in [5, 5.41) is 21.6. The van der Waals surface area contributed by atoms with Gasteiger partial charge in [0.1, 0.15) is 17.4 Å². The predicted octanol–water partition coefficient (Wildman–Crippen LogP) is 1.66. The van der Waals surface area contributed by atoms with Crippen molar-refractivity contribution in [3.63, 3.8) is 0 Å². The van der Waals surface area contributed by atoms with E-state index in [9.17, 15) is 24.6 Å². The fraction of sp³-hybridized carbons (Fsp3) is 0.353. The van der Waals surface area contributed by atoms with E-state index in [1.807, 2.05) is 13.8 Å². The van der Waals surface area contributed by atoms with E-state index in [1.165, 1.54) is 18.2 Å². The topological polar surface area (TPSA) is 117 Å². The van der Waals surface area contributed by atoms with E-state index in [0.717, 1.165) is 0 Å². The van der Waals surface area contributed by atoms with Crippen molar-refractivity contribution >= 4 is 22.8 Å². The Balaban J connectivity index is 2.24. The third-order valence-electron chi connectivity index (χ3n) is 3.51. The Hall–Kier alpha value is -2.83. The number of amides is 1. The molecule has 0 saturated carbocycles. The molecule has 1 aromatic heterocycles. The summed E-state index contributed by atoms with van der Waals surface area (Å²) in [6.07, 6.45) is 0.154. The maximum absolute atomic E-state index is 12.2. The molecular formula is C17H19NO6. The Bertz CT molecular complexity index is 823. The number of phenolic OH excluding ortho intramolecular Hbond substituents is 1. The van der Waals surface area contributed by atoms with Crippen molar-refractivity contribution in [2.24, 2.45) is 5.92 Å². The third kappa shape index (κ3) is 4.34. The Labute approximate surface area is 137 Å². The maximum Gasteiger partial charge on any atom is 0.336 e. The molecule has 0 spiro atoms. The molecule has 128 valence electrons. The van der Waals surface area contributed by atoms with E-state index >= 15 is 0 Å². The Morgan fingerprint density at radius 1 is 1.25 bits per heavy atom. The molecule has 2 rings (SSSR count). The first-order valence-corrected chi connectivity index (χ1v) is 7.54. The lowest BCUT2D eigenvalue weighted by molar-refractivity contribution is -0.142. The van der Waals surface area contributed by atoms with Gasteiger partial charge >= 0.3 is 11.6 Å².